The van der Waals surface area contributed by atoms with Crippen molar-refractivity contribution in [1.29, 1.82) is 0 Å². The van der Waals surface area contributed by atoms with Gasteiger partial charge < -0.3 is 20.1 Å². The van der Waals surface area contributed by atoms with Crippen LogP contribution in [0.5, 0.6) is 23.0 Å². The lowest BCUT2D eigenvalue weighted by molar-refractivity contribution is 0.252. The van der Waals surface area contributed by atoms with Crippen LogP contribution in [-0.4, -0.2) is 12.6 Å². The van der Waals surface area contributed by atoms with E-state index in [9.17, 15) is 4.79 Å². The Kier molecular flexibility index (Phi) is 6.97. The number of para-hydroxylation sites is 2. The normalized spacial score (nSPS) is 11.6. The van der Waals surface area contributed by atoms with E-state index < -0.39 is 0 Å². The number of carbonyl (C=O) groups is 1. The molecule has 2 aromatic carbocycles. The number of hydrogen-bond donors (Lipinski definition) is 2. The highest BCUT2D eigenvalue weighted by molar-refractivity contribution is 5.89. The van der Waals surface area contributed by atoms with Gasteiger partial charge in [-0.3, -0.25) is 0 Å². The number of urea groups is 1. The molecule has 3 rings (SSSR count). The molecular weight excluding hydrogens is 340 g/mol. The molecule has 0 radical (unpaired) electrons. The number of nitrogens with one attached hydrogen (secondary N) is 2. The van der Waals surface area contributed by atoms with Gasteiger partial charge in [-0.2, -0.15) is 0 Å². The van der Waals surface area contributed by atoms with Crippen LogP contribution >= 0.6 is 0 Å². The average molecular weight is 368 g/mol. The van der Waals surface area contributed by atoms with E-state index in [1.807, 2.05) is 30.3 Å². The number of benzene rings is 2. The number of ether oxygens (including phenoxy) is 2. The standard InChI is InChI=1S/C22H28N2O3/c1-2-3-4-5-6-7-10-15-23-22(25)24-17-13-14-20-21(16-17)27-19-12-9-8-11-18(19)26-20/h8-9,11-14,16H,2-7,10,15H2,1H3,(H2,23,24,25). The molecule has 5 heteroatoms. The lowest BCUT2D eigenvalue weighted by atomic mass is 10.1. The molecule has 144 valence electrons. The predicted octanol–water partition coefficient (Wildman–Crippen LogP) is 6.46. The zero-order chi connectivity index (χ0) is 18.9. The van der Waals surface area contributed by atoms with Crippen LogP contribution in [0.25, 0.3) is 0 Å². The second kappa shape index (κ2) is 9.86. The van der Waals surface area contributed by atoms with Crippen LogP contribution in [0.2, 0.25) is 0 Å². The van der Waals surface area contributed by atoms with Crippen molar-refractivity contribution in [2.45, 2.75) is 51.9 Å². The van der Waals surface area contributed by atoms with Gasteiger partial charge in [-0.15, -0.1) is 0 Å². The Balaban J connectivity index is 1.41. The van der Waals surface area contributed by atoms with Gasteiger partial charge in [0.1, 0.15) is 0 Å². The Labute approximate surface area is 161 Å². The number of amides is 2. The molecular formula is C22H28N2O3. The summed E-state index contributed by atoms with van der Waals surface area (Å²) in [5.41, 5.74) is 0.675. The monoisotopic (exact) mass is 368 g/mol. The van der Waals surface area contributed by atoms with Crippen LogP contribution in [0.15, 0.2) is 42.5 Å². The minimum Gasteiger partial charge on any atom is -0.450 e. The number of fused-ring (bicyclic) bond motifs is 2. The van der Waals surface area contributed by atoms with E-state index in [0.29, 0.717) is 35.2 Å². The molecule has 0 saturated heterocycles. The summed E-state index contributed by atoms with van der Waals surface area (Å²) in [6.45, 7) is 2.92. The maximum atomic E-state index is 12.1. The van der Waals surface area contributed by atoms with Gasteiger partial charge in [0.05, 0.1) is 0 Å². The van der Waals surface area contributed by atoms with E-state index in [2.05, 4.69) is 17.6 Å². The molecule has 0 fully saturated rings. The van der Waals surface area contributed by atoms with Crippen LogP contribution in [0.1, 0.15) is 51.9 Å². The van der Waals surface area contributed by atoms with Gasteiger partial charge in [0.25, 0.3) is 0 Å². The maximum absolute atomic E-state index is 12.1. The van der Waals surface area contributed by atoms with E-state index in [1.165, 1.54) is 32.1 Å². The van der Waals surface area contributed by atoms with Crippen LogP contribution in [0, 0.1) is 0 Å². The molecule has 0 atom stereocenters. The fourth-order valence-corrected chi connectivity index (χ4v) is 3.06. The molecule has 0 aliphatic carbocycles. The summed E-state index contributed by atoms with van der Waals surface area (Å²) in [6, 6.07) is 12.7. The van der Waals surface area contributed by atoms with Crippen molar-refractivity contribution in [3.63, 3.8) is 0 Å². The molecule has 0 bridgehead atoms. The van der Waals surface area contributed by atoms with Gasteiger partial charge >= 0.3 is 6.03 Å². The van der Waals surface area contributed by atoms with Gasteiger partial charge in [0.2, 0.25) is 0 Å². The summed E-state index contributed by atoms with van der Waals surface area (Å²) < 4.78 is 11.7. The number of anilines is 1. The SMILES string of the molecule is CCCCCCCCCNC(=O)Nc1ccc2c(c1)Oc1ccccc1O2. The van der Waals surface area contributed by atoms with Crippen molar-refractivity contribution in [2.75, 3.05) is 11.9 Å². The van der Waals surface area contributed by atoms with Gasteiger partial charge in [0, 0.05) is 18.3 Å². The van der Waals surface area contributed by atoms with Crippen molar-refractivity contribution in [2.24, 2.45) is 0 Å². The summed E-state index contributed by atoms with van der Waals surface area (Å²) in [7, 11) is 0. The average Bonchev–Trinajstić information content (AvgIpc) is 2.68. The fraction of sp³-hybridized carbons (Fsp3) is 0.409. The maximum Gasteiger partial charge on any atom is 0.319 e. The first-order valence-electron chi connectivity index (χ1n) is 9.90. The zero-order valence-electron chi connectivity index (χ0n) is 15.9. The minimum absolute atomic E-state index is 0.196. The third-order valence-corrected chi connectivity index (χ3v) is 4.56. The Hall–Kier alpha value is -2.69. The van der Waals surface area contributed by atoms with E-state index in [-0.39, 0.29) is 6.03 Å². The van der Waals surface area contributed by atoms with Crippen molar-refractivity contribution < 1.29 is 14.3 Å². The molecule has 1 heterocycles. The number of unbranched alkanes of at least 4 members (excludes halogenated alkanes) is 6. The molecule has 0 spiro atoms. The van der Waals surface area contributed by atoms with Gasteiger partial charge in [0.15, 0.2) is 23.0 Å². The quantitative estimate of drug-likeness (QED) is 0.426. The van der Waals surface area contributed by atoms with E-state index >= 15 is 0 Å². The highest BCUT2D eigenvalue weighted by Gasteiger charge is 2.18. The topological polar surface area (TPSA) is 59.6 Å². The van der Waals surface area contributed by atoms with Crippen molar-refractivity contribution in [3.05, 3.63) is 42.5 Å². The highest BCUT2D eigenvalue weighted by Crippen LogP contribution is 2.45. The number of hydrogen-bond acceptors (Lipinski definition) is 3. The molecule has 27 heavy (non-hydrogen) atoms. The third kappa shape index (κ3) is 5.64. The minimum atomic E-state index is -0.196. The summed E-state index contributed by atoms with van der Waals surface area (Å²) in [4.78, 5) is 12.1. The number of rotatable bonds is 9. The van der Waals surface area contributed by atoms with Gasteiger partial charge in [-0.25, -0.2) is 4.79 Å². The summed E-state index contributed by atoms with van der Waals surface area (Å²) in [6.07, 6.45) is 8.62. The largest absolute Gasteiger partial charge is 0.450 e. The first-order valence-corrected chi connectivity index (χ1v) is 9.90. The third-order valence-electron chi connectivity index (χ3n) is 4.56. The Morgan fingerprint density at radius 3 is 2.19 bits per heavy atom. The Bertz CT molecular complexity index is 761. The molecule has 2 aromatic rings. The van der Waals surface area contributed by atoms with Crippen molar-refractivity contribution >= 4 is 11.7 Å². The highest BCUT2D eigenvalue weighted by atomic mass is 16.6. The molecule has 1 aliphatic heterocycles. The smallest absolute Gasteiger partial charge is 0.319 e. The summed E-state index contributed by atoms with van der Waals surface area (Å²) in [5, 5.41) is 5.76. The molecule has 0 saturated carbocycles. The molecule has 1 aliphatic rings. The van der Waals surface area contributed by atoms with E-state index in [4.69, 9.17) is 9.47 Å². The first kappa shape index (κ1) is 19.1. The zero-order valence-corrected chi connectivity index (χ0v) is 15.9. The Morgan fingerprint density at radius 1 is 0.815 bits per heavy atom. The van der Waals surface area contributed by atoms with Crippen LogP contribution in [0.4, 0.5) is 10.5 Å². The van der Waals surface area contributed by atoms with Crippen LogP contribution < -0.4 is 20.1 Å². The lowest BCUT2D eigenvalue weighted by Crippen LogP contribution is -2.29. The molecule has 2 N–H and O–H groups in total. The van der Waals surface area contributed by atoms with Gasteiger partial charge in [-0.05, 0) is 30.7 Å². The fourth-order valence-electron chi connectivity index (χ4n) is 3.06. The van der Waals surface area contributed by atoms with E-state index in [1.54, 1.807) is 12.1 Å². The Morgan fingerprint density at radius 2 is 1.44 bits per heavy atom. The van der Waals surface area contributed by atoms with Crippen molar-refractivity contribution in [1.82, 2.24) is 5.32 Å². The predicted molar refractivity (Wildman–Crippen MR) is 108 cm³/mol. The summed E-state index contributed by atoms with van der Waals surface area (Å²) in [5.74, 6) is 2.60. The first-order chi connectivity index (χ1) is 13.3. The molecule has 0 aromatic heterocycles. The van der Waals surface area contributed by atoms with Crippen LogP contribution in [0.3, 0.4) is 0 Å². The molecule has 0 unspecified atom stereocenters. The second-order valence-electron chi connectivity index (χ2n) is 6.81. The molecule has 2 amide bonds. The van der Waals surface area contributed by atoms with Gasteiger partial charge in [-0.1, -0.05) is 57.6 Å². The second-order valence-corrected chi connectivity index (χ2v) is 6.81. The van der Waals surface area contributed by atoms with E-state index in [0.717, 1.165) is 12.8 Å². The lowest BCUT2D eigenvalue weighted by Gasteiger charge is -2.21. The number of carbonyl (C=O) groups excluding carboxylic acids is 1. The van der Waals surface area contributed by atoms with Crippen molar-refractivity contribution in [3.8, 4) is 23.0 Å². The summed E-state index contributed by atoms with van der Waals surface area (Å²) >= 11 is 0. The van der Waals surface area contributed by atoms with Crippen LogP contribution in [-0.2, 0) is 0 Å². The molecule has 5 nitrogen and oxygen atoms in total.